The van der Waals surface area contributed by atoms with Crippen LogP contribution in [0.15, 0.2) is 48.5 Å². The first-order valence-electron chi connectivity index (χ1n) is 18.2. The number of aryl methyl sites for hydroxylation is 7. The minimum Gasteiger partial charge on any atom is -0.299 e. The predicted molar refractivity (Wildman–Crippen MR) is 205 cm³/mol. The molecular weight excluding hydrogens is 628 g/mol. The molecule has 0 radical (unpaired) electrons. The Balaban J connectivity index is 1.14. The number of likely N-dealkylation sites (tertiary alicyclic amines) is 1. The summed E-state index contributed by atoms with van der Waals surface area (Å²) in [5, 5.41) is 0.806. The fourth-order valence-electron chi connectivity index (χ4n) is 7.62. The zero-order valence-electron chi connectivity index (χ0n) is 29.8. The predicted octanol–water partition coefficient (Wildman–Crippen LogP) is 10.0. The summed E-state index contributed by atoms with van der Waals surface area (Å²) in [4.78, 5) is 12.8. The molecule has 0 spiro atoms. The van der Waals surface area contributed by atoms with Gasteiger partial charge < -0.3 is 0 Å². The number of halogens is 1. The molecule has 0 saturated carbocycles. The lowest BCUT2D eigenvalue weighted by Gasteiger charge is -2.27. The van der Waals surface area contributed by atoms with E-state index in [0.717, 1.165) is 61.6 Å². The molecule has 2 aromatic carbocycles. The highest BCUT2D eigenvalue weighted by molar-refractivity contribution is 7.97. The summed E-state index contributed by atoms with van der Waals surface area (Å²) in [6, 6.07) is 18.2. The second-order valence-electron chi connectivity index (χ2n) is 13.9. The lowest BCUT2D eigenvalue weighted by atomic mass is 9.89. The van der Waals surface area contributed by atoms with Crippen LogP contribution in [0.1, 0.15) is 94.3 Å². The third kappa shape index (κ3) is 8.35. The quantitative estimate of drug-likeness (QED) is 0.139. The number of pyridine rings is 2. The van der Waals surface area contributed by atoms with Gasteiger partial charge in [0.2, 0.25) is 0 Å². The fourth-order valence-corrected chi connectivity index (χ4v) is 8.89. The van der Waals surface area contributed by atoms with Crippen molar-refractivity contribution in [2.75, 3.05) is 25.4 Å². The largest absolute Gasteiger partial charge is 0.299 e. The van der Waals surface area contributed by atoms with E-state index in [9.17, 15) is 0 Å². The summed E-state index contributed by atoms with van der Waals surface area (Å²) in [6.07, 6.45) is 9.94. The number of hydrogen-bond donors (Lipinski definition) is 0. The van der Waals surface area contributed by atoms with Crippen LogP contribution in [-0.2, 0) is 45.2 Å². The molecule has 0 atom stereocenters. The van der Waals surface area contributed by atoms with Crippen LogP contribution in [0.5, 0.6) is 0 Å². The maximum Gasteiger partial charge on any atom is 0.0625 e. The van der Waals surface area contributed by atoms with Crippen LogP contribution in [0, 0.1) is 27.7 Å². The molecule has 2 saturated heterocycles. The van der Waals surface area contributed by atoms with E-state index < -0.39 is 0 Å². The van der Waals surface area contributed by atoms with Gasteiger partial charge in [0.15, 0.2) is 0 Å². The first-order chi connectivity index (χ1) is 23.3. The molecule has 2 aromatic heterocycles. The van der Waals surface area contributed by atoms with Gasteiger partial charge in [0.25, 0.3) is 0 Å². The minimum atomic E-state index is 0.806. The van der Waals surface area contributed by atoms with Gasteiger partial charge >= 0.3 is 0 Å². The molecule has 254 valence electrons. The second kappa shape index (κ2) is 16.3. The third-order valence-electron chi connectivity index (χ3n) is 10.6. The van der Waals surface area contributed by atoms with Crippen LogP contribution in [0.2, 0.25) is 5.02 Å². The number of benzene rings is 2. The van der Waals surface area contributed by atoms with Gasteiger partial charge in [-0.15, -0.1) is 0 Å². The van der Waals surface area contributed by atoms with Gasteiger partial charge in [-0.3, -0.25) is 14.9 Å². The Morgan fingerprint density at radius 2 is 1.33 bits per heavy atom. The van der Waals surface area contributed by atoms with E-state index in [0.29, 0.717) is 0 Å². The van der Waals surface area contributed by atoms with Crippen molar-refractivity contribution in [3.05, 3.63) is 115 Å². The first-order valence-corrected chi connectivity index (χ1v) is 19.5. The Hall–Kier alpha value is -2.70. The van der Waals surface area contributed by atoms with E-state index in [-0.39, 0.29) is 0 Å². The summed E-state index contributed by atoms with van der Waals surface area (Å²) in [7, 11) is 0. The van der Waals surface area contributed by atoms with Crippen LogP contribution in [0.25, 0.3) is 11.1 Å². The standard InChI is InChI=1S/C42H53ClN4S/c1-6-40-36(28-47-23-12-24-48-47)25-29(2)41(45-40)19-17-33-13-10-15-37(30(33)3)38-16-11-14-34(31(38)4)18-20-42-39(43)26-35(32(5)44-42)27-46-21-8-7-9-22-46/h10-11,13-16,25-26H,6-9,12,17-24,27-28H2,1-5H3. The highest BCUT2D eigenvalue weighted by Gasteiger charge is 2.18. The molecule has 4 nitrogen and oxygen atoms in total. The van der Waals surface area contributed by atoms with E-state index in [4.69, 9.17) is 21.6 Å². The van der Waals surface area contributed by atoms with Crippen molar-refractivity contribution >= 4 is 23.5 Å². The molecule has 2 aliphatic rings. The van der Waals surface area contributed by atoms with E-state index >= 15 is 0 Å². The number of rotatable bonds is 12. The number of aromatic nitrogens is 2. The lowest BCUT2D eigenvalue weighted by Crippen LogP contribution is -2.29. The van der Waals surface area contributed by atoms with Gasteiger partial charge in [-0.2, -0.15) is 0 Å². The summed E-state index contributed by atoms with van der Waals surface area (Å²) in [5.74, 6) is 1.24. The molecular formula is C42H53ClN4S. The summed E-state index contributed by atoms with van der Waals surface area (Å²) in [6.45, 7) is 16.7. The normalized spacial score (nSPS) is 15.8. The molecule has 4 aromatic rings. The molecule has 0 bridgehead atoms. The number of nitrogens with zero attached hydrogens (tertiary/aromatic N) is 4. The van der Waals surface area contributed by atoms with Crippen molar-refractivity contribution in [2.24, 2.45) is 0 Å². The van der Waals surface area contributed by atoms with Crippen molar-refractivity contribution < 1.29 is 0 Å². The van der Waals surface area contributed by atoms with Crippen LogP contribution < -0.4 is 0 Å². The van der Waals surface area contributed by atoms with E-state index in [1.165, 1.54) is 113 Å². The van der Waals surface area contributed by atoms with Crippen molar-refractivity contribution in [1.82, 2.24) is 19.2 Å². The van der Waals surface area contributed by atoms with Crippen LogP contribution in [0.3, 0.4) is 0 Å². The molecule has 2 fully saturated rings. The molecule has 0 amide bonds. The van der Waals surface area contributed by atoms with Crippen LogP contribution in [-0.4, -0.2) is 44.6 Å². The Bertz CT molecular complexity index is 1720. The van der Waals surface area contributed by atoms with Gasteiger partial charge in [0.05, 0.1) is 10.7 Å². The summed E-state index contributed by atoms with van der Waals surface area (Å²) in [5.41, 5.74) is 16.8. The van der Waals surface area contributed by atoms with Crippen LogP contribution in [0.4, 0.5) is 0 Å². The average molecular weight is 681 g/mol. The van der Waals surface area contributed by atoms with Crippen molar-refractivity contribution in [2.45, 2.75) is 105 Å². The van der Waals surface area contributed by atoms with Gasteiger partial charge in [-0.25, -0.2) is 4.31 Å². The fraction of sp³-hybridized carbons (Fsp3) is 0.476. The minimum absolute atomic E-state index is 0.806. The molecule has 0 aliphatic carbocycles. The highest BCUT2D eigenvalue weighted by Crippen LogP contribution is 2.32. The van der Waals surface area contributed by atoms with E-state index in [1.807, 2.05) is 11.9 Å². The smallest absolute Gasteiger partial charge is 0.0625 e. The maximum atomic E-state index is 6.84. The van der Waals surface area contributed by atoms with E-state index in [2.05, 4.69) is 92.4 Å². The molecule has 6 rings (SSSR count). The summed E-state index contributed by atoms with van der Waals surface area (Å²) >= 11 is 8.83. The number of hydrogen-bond acceptors (Lipinski definition) is 5. The van der Waals surface area contributed by atoms with Gasteiger partial charge in [0, 0.05) is 42.5 Å². The first kappa shape index (κ1) is 35.1. The van der Waals surface area contributed by atoms with E-state index in [1.54, 1.807) is 0 Å². The molecule has 0 unspecified atom stereocenters. The van der Waals surface area contributed by atoms with Crippen molar-refractivity contribution in [3.8, 4) is 11.1 Å². The molecule has 48 heavy (non-hydrogen) atoms. The lowest BCUT2D eigenvalue weighted by molar-refractivity contribution is 0.220. The monoisotopic (exact) mass is 680 g/mol. The molecule has 4 heterocycles. The highest BCUT2D eigenvalue weighted by atomic mass is 35.5. The second-order valence-corrected chi connectivity index (χ2v) is 15.5. The van der Waals surface area contributed by atoms with Gasteiger partial charge in [-0.1, -0.05) is 79.4 Å². The molecule has 2 aliphatic heterocycles. The average Bonchev–Trinajstić information content (AvgIpc) is 3.60. The Morgan fingerprint density at radius 3 is 1.96 bits per heavy atom. The Morgan fingerprint density at radius 1 is 0.667 bits per heavy atom. The topological polar surface area (TPSA) is 32.3 Å². The summed E-state index contributed by atoms with van der Waals surface area (Å²) < 4.78 is 2.50. The molecule has 6 heteroatoms. The maximum absolute atomic E-state index is 6.84. The van der Waals surface area contributed by atoms with Gasteiger partial charge in [-0.05, 0) is 148 Å². The Kier molecular flexibility index (Phi) is 12.0. The third-order valence-corrected chi connectivity index (χ3v) is 12.1. The van der Waals surface area contributed by atoms with Crippen LogP contribution >= 0.6 is 23.5 Å². The zero-order chi connectivity index (χ0) is 33.6. The molecule has 0 N–H and O–H groups in total. The van der Waals surface area contributed by atoms with Gasteiger partial charge in [0.1, 0.15) is 0 Å². The number of piperidine rings is 1. The SMILES string of the molecule is CCc1nc(CCc2cccc(-c3cccc(CCc4nc(C)c(CN5CCCCC5)cc4Cl)c3C)c2C)c(C)cc1CN1CCCS1. The Labute approximate surface area is 298 Å². The van der Waals surface area contributed by atoms with Crippen molar-refractivity contribution in [3.63, 3.8) is 0 Å². The van der Waals surface area contributed by atoms with Crippen molar-refractivity contribution in [1.29, 1.82) is 0 Å². The zero-order valence-corrected chi connectivity index (χ0v) is 31.4.